The summed E-state index contributed by atoms with van der Waals surface area (Å²) in [4.78, 5) is 120. The Bertz CT molecular complexity index is 3610. The lowest BCUT2D eigenvalue weighted by molar-refractivity contribution is -0.402. The molecule has 7 fully saturated rings. The van der Waals surface area contributed by atoms with Crippen LogP contribution in [0.25, 0.3) is 10.4 Å². The fourth-order valence-electron chi connectivity index (χ4n) is 15.7. The summed E-state index contributed by atoms with van der Waals surface area (Å²) in [7, 11) is 16.3. The number of azide groups is 1. The molecule has 8 rings (SSSR count). The van der Waals surface area contributed by atoms with Crippen LogP contribution in [0.1, 0.15) is 65.7 Å². The van der Waals surface area contributed by atoms with E-state index in [2.05, 4.69) is 10.0 Å². The minimum absolute atomic E-state index is 0.0972. The zero-order chi connectivity index (χ0) is 90.9. The number of hydrogen-bond donors (Lipinski definition) is 1. The number of carbonyl (C=O) groups is 9. The number of nitrogens with zero attached hydrogens (tertiary/aromatic N) is 3. The highest BCUT2D eigenvalue weighted by molar-refractivity contribution is 5.89. The van der Waals surface area contributed by atoms with E-state index in [-0.39, 0.29) is 25.4 Å². The number of aliphatic hydroxyl groups is 1. The Morgan fingerprint density at radius 1 is 0.298 bits per heavy atom. The molecule has 7 aliphatic rings. The topological polar surface area (TPSA) is 536 Å². The van der Waals surface area contributed by atoms with E-state index in [0.717, 1.165) is 48.5 Å². The predicted molar refractivity (Wildman–Crippen MR) is 402 cm³/mol. The minimum Gasteiger partial charge on any atom is -0.463 e. The highest BCUT2D eigenvalue weighted by atomic mass is 16.8. The van der Waals surface area contributed by atoms with Crippen LogP contribution in [0.5, 0.6) is 0 Å². The molecule has 47 nitrogen and oxygen atoms in total. The van der Waals surface area contributed by atoms with Gasteiger partial charge in [0.1, 0.15) is 161 Å². The number of carbonyl (C=O) groups excluding carboxylic acids is 9. The molecule has 0 spiro atoms. The summed E-state index contributed by atoms with van der Waals surface area (Å²) < 4.78 is 210. The lowest BCUT2D eigenvalue weighted by Gasteiger charge is -2.52. The van der Waals surface area contributed by atoms with Crippen molar-refractivity contribution in [2.24, 2.45) is 5.11 Å². The van der Waals surface area contributed by atoms with E-state index in [1.165, 1.54) is 104 Å². The fourth-order valence-corrected chi connectivity index (χ4v) is 15.7. The van der Waals surface area contributed by atoms with Crippen molar-refractivity contribution < 1.29 is 209 Å². The average molecular weight is 1790 g/mol. The number of hydrogen-bond acceptors (Lipinski definition) is 45. The third-order valence-electron chi connectivity index (χ3n) is 20.8. The van der Waals surface area contributed by atoms with Gasteiger partial charge in [-0.3, -0.25) is 38.4 Å². The second-order valence-corrected chi connectivity index (χ2v) is 29.0. The summed E-state index contributed by atoms with van der Waals surface area (Å²) in [5.41, 5.74) is 9.58. The van der Waals surface area contributed by atoms with Crippen molar-refractivity contribution >= 4 is 53.7 Å². The quantitative estimate of drug-likeness (QED) is 0.0279. The standard InChI is InChI=1S/C77H115N3O44/c1-33(81)103-29-45-50(57(94-12)49(79-80-78)71(90)112-45)119-72-64(99-17)58(95-13)51(42(113-72)26-91-9)120-73-65(100-18)59(96-14)52(43(114-73)27-92-10)121-74-66(101-19)60(97-15)53(44(115-74)28-93-11)122-75-67(102-20)61(98-16)54(48(116-75)32-106-70(89)41-24-22-21-23-25-41)123-76-69(111-40(8)88)63(109-38(6)86)56(47(118-76)31-105-35(3)83)124-77-68(110-39(7)87)62(108-37(5)85)55(107-36(4)84)46(117-77)30-104-34(2)82/h21-25,42-69,71-77,90H,26-32H2,1-20H3/t42-,43-,44?,45?,46-,47-,48?,49?,50+,51+,52?,53+,54+,55+,56+,57+,58?,59?,60-,61-,62?,63?,64?,65?,66?,67?,68?,69?,71?,72-,73+,74-,75-,76-,77+/m0/s1. The normalized spacial score (nSPS) is 37.4. The summed E-state index contributed by atoms with van der Waals surface area (Å²) in [6.07, 6.45) is -50.2. The Labute approximate surface area is 714 Å². The van der Waals surface area contributed by atoms with Crippen molar-refractivity contribution in [1.29, 1.82) is 0 Å². The van der Waals surface area contributed by atoms with E-state index in [1.807, 2.05) is 0 Å². The van der Waals surface area contributed by atoms with Gasteiger partial charge in [0.2, 0.25) is 0 Å². The van der Waals surface area contributed by atoms with E-state index in [1.54, 1.807) is 18.2 Å². The van der Waals surface area contributed by atoms with Crippen LogP contribution in [-0.2, 0) is 199 Å². The summed E-state index contributed by atoms with van der Waals surface area (Å²) in [5.74, 6) is -8.37. The van der Waals surface area contributed by atoms with Crippen LogP contribution in [0.2, 0.25) is 0 Å². The van der Waals surface area contributed by atoms with Gasteiger partial charge in [-0.25, -0.2) is 4.79 Å². The lowest BCUT2D eigenvalue weighted by Crippen LogP contribution is -2.69. The molecule has 1 aromatic rings. The summed E-state index contributed by atoms with van der Waals surface area (Å²) >= 11 is 0. The van der Waals surface area contributed by atoms with Gasteiger partial charge < -0.3 is 166 Å². The number of benzene rings is 1. The van der Waals surface area contributed by atoms with Crippen molar-refractivity contribution in [3.63, 3.8) is 0 Å². The fraction of sp³-hybridized carbons (Fsp3) is 0.805. The van der Waals surface area contributed by atoms with Gasteiger partial charge in [-0.2, -0.15) is 0 Å². The molecule has 7 heterocycles. The SMILES string of the molecule is COCC1O[C@@H](OC2C(OC)C(OC)[C@@H](O[C@H]3C(OC)C(OC)[C@H](O[C@@H]4C(COC(C)=O)OC(O)C(N=[N+]=[N-])[C@H]4OC)O[C@H]3COC)O[C@H]2COC)C(OC)[C@@H](OC)[C@@H]1O[C@@H]1OC(COC(=O)c2ccccc2)[C@@H](O[C@@H]2O[C@@H](COC(C)=O)[C@@H](O[C@H]3O[C@@H](COC(C)=O)[C@@H](OC(C)=O)C(OC(C)=O)C3OC(C)=O)C(OC(C)=O)C2OC(C)=O)[C@H](OC)C1OC. The van der Waals surface area contributed by atoms with E-state index in [4.69, 9.17) is 161 Å². The second-order valence-electron chi connectivity index (χ2n) is 29.0. The highest BCUT2D eigenvalue weighted by Gasteiger charge is 2.63. The first-order valence-electron chi connectivity index (χ1n) is 39.3. The van der Waals surface area contributed by atoms with Crippen LogP contribution in [-0.4, -0.2) is 405 Å². The Hall–Kier alpha value is -7.28. The minimum atomic E-state index is -2.03. The molecule has 7 saturated heterocycles. The number of methoxy groups -OCH3 is 12. The Morgan fingerprint density at radius 3 is 0.823 bits per heavy atom. The van der Waals surface area contributed by atoms with Crippen LogP contribution in [0.3, 0.4) is 0 Å². The van der Waals surface area contributed by atoms with Crippen molar-refractivity contribution in [1.82, 2.24) is 0 Å². The molecule has 1 N–H and O–H groups in total. The van der Waals surface area contributed by atoms with Crippen LogP contribution in [0.4, 0.5) is 0 Å². The zero-order valence-electron chi connectivity index (χ0n) is 72.4. The van der Waals surface area contributed by atoms with Crippen molar-refractivity contribution in [3.05, 3.63) is 46.3 Å². The molecule has 0 aromatic heterocycles. The first-order chi connectivity index (χ1) is 59.3. The molecule has 0 saturated carbocycles. The highest BCUT2D eigenvalue weighted by Crippen LogP contribution is 2.43. The van der Waals surface area contributed by atoms with Gasteiger partial charge in [0, 0.05) is 146 Å². The van der Waals surface area contributed by atoms with Crippen molar-refractivity contribution in [3.8, 4) is 0 Å². The maximum atomic E-state index is 14.1. The molecule has 124 heavy (non-hydrogen) atoms. The molecule has 16 unspecified atom stereocenters. The van der Waals surface area contributed by atoms with Crippen LogP contribution >= 0.6 is 0 Å². The second kappa shape index (κ2) is 49.3. The Balaban J connectivity index is 1.11. The maximum Gasteiger partial charge on any atom is 0.338 e. The Kier molecular flexibility index (Phi) is 40.6. The summed E-state index contributed by atoms with van der Waals surface area (Å²) in [6, 6.07) is 6.47. The molecule has 35 atom stereocenters. The van der Waals surface area contributed by atoms with Gasteiger partial charge in [-0.05, 0) is 17.7 Å². The smallest absolute Gasteiger partial charge is 0.338 e. The molecular weight excluding hydrogens is 1670 g/mol. The molecule has 702 valence electrons. The molecule has 0 amide bonds. The molecular formula is C77H115N3O44. The Morgan fingerprint density at radius 2 is 0.540 bits per heavy atom. The zero-order valence-corrected chi connectivity index (χ0v) is 72.4. The number of aliphatic hydroxyl groups excluding tert-OH is 1. The van der Waals surface area contributed by atoms with Crippen molar-refractivity contribution in [2.45, 2.75) is 270 Å². The molecule has 47 heteroatoms. The van der Waals surface area contributed by atoms with E-state index in [9.17, 15) is 53.8 Å². The molecule has 1 aromatic carbocycles. The first kappa shape index (κ1) is 102. The number of esters is 9. The molecule has 0 radical (unpaired) electrons. The van der Waals surface area contributed by atoms with Gasteiger partial charge in [-0.1, -0.05) is 23.3 Å². The predicted octanol–water partition coefficient (Wildman–Crippen LogP) is -0.678. The van der Waals surface area contributed by atoms with Gasteiger partial charge in [0.05, 0.1) is 31.5 Å². The van der Waals surface area contributed by atoms with Gasteiger partial charge in [0.15, 0.2) is 74.6 Å². The van der Waals surface area contributed by atoms with E-state index in [0.29, 0.717) is 0 Å². The van der Waals surface area contributed by atoms with Gasteiger partial charge >= 0.3 is 53.7 Å². The van der Waals surface area contributed by atoms with Crippen LogP contribution in [0, 0.1) is 0 Å². The van der Waals surface area contributed by atoms with Crippen LogP contribution < -0.4 is 0 Å². The summed E-state index contributed by atoms with van der Waals surface area (Å²) in [6.45, 7) is 4.91. The molecule has 7 aliphatic heterocycles. The van der Waals surface area contributed by atoms with Gasteiger partial charge in [-0.15, -0.1) is 0 Å². The third kappa shape index (κ3) is 26.0. The number of ether oxygens (including phenoxy) is 34. The van der Waals surface area contributed by atoms with Crippen LogP contribution in [0.15, 0.2) is 35.4 Å². The molecule has 0 bridgehead atoms. The first-order valence-corrected chi connectivity index (χ1v) is 39.3. The largest absolute Gasteiger partial charge is 0.463 e. The monoisotopic (exact) mass is 1790 g/mol. The van der Waals surface area contributed by atoms with E-state index < -0.39 is 295 Å². The van der Waals surface area contributed by atoms with Crippen molar-refractivity contribution in [2.75, 3.05) is 132 Å². The third-order valence-corrected chi connectivity index (χ3v) is 20.8. The van der Waals surface area contributed by atoms with Gasteiger partial charge in [0.25, 0.3) is 0 Å². The van der Waals surface area contributed by atoms with E-state index >= 15 is 0 Å². The summed E-state index contributed by atoms with van der Waals surface area (Å²) in [5, 5.41) is 14.7. The lowest BCUT2D eigenvalue weighted by atomic mass is 9.94. The molecule has 0 aliphatic carbocycles. The maximum absolute atomic E-state index is 14.1. The number of rotatable bonds is 42. The average Bonchev–Trinajstić information content (AvgIpc) is 0.757.